The molecule has 2 heteroatoms. The summed E-state index contributed by atoms with van der Waals surface area (Å²) in [5.74, 6) is 1.22. The predicted molar refractivity (Wildman–Crippen MR) is 63.9 cm³/mol. The highest BCUT2D eigenvalue weighted by atomic mass is 16.1. The summed E-state index contributed by atoms with van der Waals surface area (Å²) in [7, 11) is 0. The molecule has 0 aromatic carbocycles. The molecule has 15 heavy (non-hydrogen) atoms. The van der Waals surface area contributed by atoms with Gasteiger partial charge in [0.05, 0.1) is 6.54 Å². The van der Waals surface area contributed by atoms with Crippen molar-refractivity contribution in [1.82, 2.24) is 4.90 Å². The maximum Gasteiger partial charge on any atom is 0.152 e. The van der Waals surface area contributed by atoms with Gasteiger partial charge < -0.3 is 0 Å². The van der Waals surface area contributed by atoms with E-state index in [1.807, 2.05) is 20.8 Å². The van der Waals surface area contributed by atoms with E-state index in [9.17, 15) is 4.79 Å². The van der Waals surface area contributed by atoms with Crippen LogP contribution in [0, 0.1) is 11.3 Å². The predicted octanol–water partition coefficient (Wildman–Crippen LogP) is 2.72. The largest absolute Gasteiger partial charge is 0.298 e. The molecule has 0 saturated heterocycles. The first-order valence-corrected chi connectivity index (χ1v) is 6.19. The standard InChI is InChI=1S/C13H25NO/c1-5-14(9-11-7-6-8-11)10-12(15)13(2,3)4/h11H,5-10H2,1-4H3. The SMILES string of the molecule is CCN(CC(=O)C(C)(C)C)CC1CCC1. The van der Waals surface area contributed by atoms with Crippen LogP contribution in [0.5, 0.6) is 0 Å². The van der Waals surface area contributed by atoms with E-state index in [1.54, 1.807) is 0 Å². The molecule has 88 valence electrons. The van der Waals surface area contributed by atoms with Crippen molar-refractivity contribution in [2.45, 2.75) is 47.0 Å². The van der Waals surface area contributed by atoms with E-state index in [1.165, 1.54) is 19.3 Å². The molecule has 0 amide bonds. The van der Waals surface area contributed by atoms with Crippen molar-refractivity contribution in [3.8, 4) is 0 Å². The van der Waals surface area contributed by atoms with Crippen LogP contribution in [0.15, 0.2) is 0 Å². The fraction of sp³-hybridized carbons (Fsp3) is 0.923. The quantitative estimate of drug-likeness (QED) is 0.697. The molecule has 1 rings (SSSR count). The van der Waals surface area contributed by atoms with Gasteiger partial charge >= 0.3 is 0 Å². The average molecular weight is 211 g/mol. The van der Waals surface area contributed by atoms with Gasteiger partial charge in [-0.3, -0.25) is 9.69 Å². The van der Waals surface area contributed by atoms with Gasteiger partial charge in [0.25, 0.3) is 0 Å². The summed E-state index contributed by atoms with van der Waals surface area (Å²) in [5.41, 5.74) is -0.187. The van der Waals surface area contributed by atoms with Crippen molar-refractivity contribution < 1.29 is 4.79 Å². The lowest BCUT2D eigenvalue weighted by Gasteiger charge is -2.32. The molecule has 1 saturated carbocycles. The topological polar surface area (TPSA) is 20.3 Å². The zero-order valence-corrected chi connectivity index (χ0v) is 10.7. The monoisotopic (exact) mass is 211 g/mol. The van der Waals surface area contributed by atoms with Crippen LogP contribution in [0.25, 0.3) is 0 Å². The van der Waals surface area contributed by atoms with Gasteiger partial charge in [-0.05, 0) is 25.3 Å². The van der Waals surface area contributed by atoms with Crippen LogP contribution in [0.3, 0.4) is 0 Å². The van der Waals surface area contributed by atoms with E-state index in [4.69, 9.17) is 0 Å². The Morgan fingerprint density at radius 2 is 1.93 bits per heavy atom. The Bertz CT molecular complexity index is 213. The van der Waals surface area contributed by atoms with Gasteiger partial charge in [0.1, 0.15) is 0 Å². The number of ketones is 1. The molecule has 0 heterocycles. The summed E-state index contributed by atoms with van der Waals surface area (Å²) >= 11 is 0. The van der Waals surface area contributed by atoms with Gasteiger partial charge in [-0.1, -0.05) is 34.1 Å². The van der Waals surface area contributed by atoms with Crippen molar-refractivity contribution in [1.29, 1.82) is 0 Å². The molecule has 0 radical (unpaired) electrons. The molecule has 0 N–H and O–H groups in total. The van der Waals surface area contributed by atoms with Crippen molar-refractivity contribution in [3.63, 3.8) is 0 Å². The Morgan fingerprint density at radius 3 is 2.27 bits per heavy atom. The lowest BCUT2D eigenvalue weighted by atomic mass is 9.84. The number of carbonyl (C=O) groups is 1. The van der Waals surface area contributed by atoms with Crippen LogP contribution >= 0.6 is 0 Å². The minimum atomic E-state index is -0.187. The van der Waals surface area contributed by atoms with Gasteiger partial charge in [0, 0.05) is 12.0 Å². The highest BCUT2D eigenvalue weighted by Gasteiger charge is 2.25. The second-order valence-corrected chi connectivity index (χ2v) is 5.80. The zero-order chi connectivity index (χ0) is 11.5. The second-order valence-electron chi connectivity index (χ2n) is 5.80. The third kappa shape index (κ3) is 3.94. The first-order valence-electron chi connectivity index (χ1n) is 6.19. The lowest BCUT2D eigenvalue weighted by Crippen LogP contribution is -2.39. The van der Waals surface area contributed by atoms with E-state index in [-0.39, 0.29) is 5.41 Å². The smallest absolute Gasteiger partial charge is 0.152 e. The lowest BCUT2D eigenvalue weighted by molar-refractivity contribution is -0.127. The first kappa shape index (κ1) is 12.7. The van der Waals surface area contributed by atoms with Gasteiger partial charge in [0.2, 0.25) is 0 Å². The molecular formula is C13H25NO. The molecule has 1 fully saturated rings. The molecule has 0 aromatic heterocycles. The number of hydrogen-bond acceptors (Lipinski definition) is 2. The number of Topliss-reactive ketones (excluding diaryl/α,β-unsaturated/α-hetero) is 1. The van der Waals surface area contributed by atoms with E-state index >= 15 is 0 Å². The molecule has 0 aliphatic heterocycles. The van der Waals surface area contributed by atoms with E-state index < -0.39 is 0 Å². The Labute approximate surface area is 94.0 Å². The molecule has 0 bridgehead atoms. The number of rotatable bonds is 5. The third-order valence-electron chi connectivity index (χ3n) is 3.39. The average Bonchev–Trinajstić information content (AvgIpc) is 2.06. The molecule has 0 aromatic rings. The number of hydrogen-bond donors (Lipinski definition) is 0. The number of nitrogens with zero attached hydrogens (tertiary/aromatic N) is 1. The number of likely N-dealkylation sites (N-methyl/N-ethyl adjacent to an activating group) is 1. The Balaban J connectivity index is 2.35. The summed E-state index contributed by atoms with van der Waals surface area (Å²) < 4.78 is 0. The van der Waals surface area contributed by atoms with Crippen LogP contribution in [0.4, 0.5) is 0 Å². The van der Waals surface area contributed by atoms with Crippen molar-refractivity contribution in [3.05, 3.63) is 0 Å². The van der Waals surface area contributed by atoms with Gasteiger partial charge in [-0.15, -0.1) is 0 Å². The van der Waals surface area contributed by atoms with Crippen LogP contribution in [0.1, 0.15) is 47.0 Å². The minimum absolute atomic E-state index is 0.187. The molecule has 0 atom stereocenters. The van der Waals surface area contributed by atoms with E-state index in [2.05, 4.69) is 11.8 Å². The maximum atomic E-state index is 11.9. The Morgan fingerprint density at radius 1 is 1.33 bits per heavy atom. The van der Waals surface area contributed by atoms with E-state index in [0.717, 1.165) is 19.0 Å². The highest BCUT2D eigenvalue weighted by molar-refractivity contribution is 5.85. The maximum absolute atomic E-state index is 11.9. The van der Waals surface area contributed by atoms with Crippen LogP contribution in [0.2, 0.25) is 0 Å². The fourth-order valence-corrected chi connectivity index (χ4v) is 1.79. The van der Waals surface area contributed by atoms with Gasteiger partial charge in [-0.2, -0.15) is 0 Å². The van der Waals surface area contributed by atoms with E-state index in [0.29, 0.717) is 12.3 Å². The summed E-state index contributed by atoms with van der Waals surface area (Å²) in [6.07, 6.45) is 4.11. The summed E-state index contributed by atoms with van der Waals surface area (Å²) in [6, 6.07) is 0. The highest BCUT2D eigenvalue weighted by Crippen LogP contribution is 2.27. The van der Waals surface area contributed by atoms with Gasteiger partial charge in [-0.25, -0.2) is 0 Å². The first-order chi connectivity index (χ1) is 6.93. The zero-order valence-electron chi connectivity index (χ0n) is 10.7. The fourth-order valence-electron chi connectivity index (χ4n) is 1.79. The molecule has 1 aliphatic carbocycles. The molecular weight excluding hydrogens is 186 g/mol. The molecule has 2 nitrogen and oxygen atoms in total. The third-order valence-corrected chi connectivity index (χ3v) is 3.39. The van der Waals surface area contributed by atoms with Crippen LogP contribution < -0.4 is 0 Å². The van der Waals surface area contributed by atoms with Gasteiger partial charge in [0.15, 0.2) is 5.78 Å². The van der Waals surface area contributed by atoms with Crippen molar-refractivity contribution in [2.75, 3.05) is 19.6 Å². The molecule has 1 aliphatic rings. The van der Waals surface area contributed by atoms with Crippen LogP contribution in [-0.2, 0) is 4.79 Å². The van der Waals surface area contributed by atoms with Crippen LogP contribution in [-0.4, -0.2) is 30.3 Å². The normalized spacial score (nSPS) is 17.9. The molecule has 0 unspecified atom stereocenters. The Kier molecular flexibility index (Phi) is 4.32. The van der Waals surface area contributed by atoms with Crippen molar-refractivity contribution >= 4 is 5.78 Å². The summed E-state index contributed by atoms with van der Waals surface area (Å²) in [6.45, 7) is 10.9. The number of carbonyl (C=O) groups excluding carboxylic acids is 1. The Hall–Kier alpha value is -0.370. The molecule has 0 spiro atoms. The second kappa shape index (κ2) is 5.11. The summed E-state index contributed by atoms with van der Waals surface area (Å²) in [5, 5.41) is 0. The van der Waals surface area contributed by atoms with Crippen molar-refractivity contribution in [2.24, 2.45) is 11.3 Å². The minimum Gasteiger partial charge on any atom is -0.298 e. The summed E-state index contributed by atoms with van der Waals surface area (Å²) in [4.78, 5) is 14.2.